The lowest BCUT2D eigenvalue weighted by molar-refractivity contribution is -0.121. The Bertz CT molecular complexity index is 399. The number of carbonyl (C=O) groups excluding carboxylic acids is 1. The SMILES string of the molecule is CNC(=O)CC(c1cccc(OC)c1)C1CC1. The highest BCUT2D eigenvalue weighted by Crippen LogP contribution is 2.44. The summed E-state index contributed by atoms with van der Waals surface area (Å²) in [6, 6.07) is 8.07. The van der Waals surface area contributed by atoms with Crippen LogP contribution >= 0.6 is 0 Å². The first-order valence-corrected chi connectivity index (χ1v) is 6.09. The Balaban J connectivity index is 2.16. The molecule has 2 rings (SSSR count). The fourth-order valence-corrected chi connectivity index (χ4v) is 2.23. The molecule has 92 valence electrons. The molecular weight excluding hydrogens is 214 g/mol. The maximum Gasteiger partial charge on any atom is 0.220 e. The number of nitrogens with one attached hydrogen (secondary N) is 1. The number of rotatable bonds is 5. The molecule has 1 fully saturated rings. The quantitative estimate of drug-likeness (QED) is 0.847. The molecule has 0 aromatic heterocycles. The summed E-state index contributed by atoms with van der Waals surface area (Å²) in [5, 5.41) is 2.71. The van der Waals surface area contributed by atoms with Crippen molar-refractivity contribution in [2.24, 2.45) is 5.92 Å². The van der Waals surface area contributed by atoms with E-state index in [1.165, 1.54) is 18.4 Å². The molecule has 0 spiro atoms. The second-order valence-corrected chi connectivity index (χ2v) is 4.60. The van der Waals surface area contributed by atoms with Crippen LogP contribution in [0.15, 0.2) is 24.3 Å². The molecule has 0 bridgehead atoms. The van der Waals surface area contributed by atoms with Crippen LogP contribution in [0.3, 0.4) is 0 Å². The van der Waals surface area contributed by atoms with Gasteiger partial charge in [-0.1, -0.05) is 12.1 Å². The van der Waals surface area contributed by atoms with Gasteiger partial charge in [0.25, 0.3) is 0 Å². The molecule has 1 unspecified atom stereocenters. The van der Waals surface area contributed by atoms with Crippen LogP contribution in [0, 0.1) is 5.92 Å². The maximum absolute atomic E-state index is 11.5. The van der Waals surface area contributed by atoms with Crippen LogP contribution in [-0.2, 0) is 4.79 Å². The number of amides is 1. The Hall–Kier alpha value is -1.51. The Labute approximate surface area is 102 Å². The number of benzene rings is 1. The van der Waals surface area contributed by atoms with Crippen molar-refractivity contribution in [3.8, 4) is 5.75 Å². The molecule has 1 aliphatic rings. The predicted octanol–water partition coefficient (Wildman–Crippen LogP) is 2.32. The van der Waals surface area contributed by atoms with Gasteiger partial charge in [0.2, 0.25) is 5.91 Å². The zero-order valence-electron chi connectivity index (χ0n) is 10.4. The van der Waals surface area contributed by atoms with Crippen molar-refractivity contribution in [3.05, 3.63) is 29.8 Å². The zero-order valence-corrected chi connectivity index (χ0v) is 10.4. The average molecular weight is 233 g/mol. The molecule has 1 saturated carbocycles. The predicted molar refractivity (Wildman–Crippen MR) is 67.1 cm³/mol. The van der Waals surface area contributed by atoms with E-state index in [-0.39, 0.29) is 5.91 Å². The first-order chi connectivity index (χ1) is 8.24. The molecule has 3 heteroatoms. The third kappa shape index (κ3) is 2.99. The maximum atomic E-state index is 11.5. The van der Waals surface area contributed by atoms with Gasteiger partial charge in [0.1, 0.15) is 5.75 Å². The summed E-state index contributed by atoms with van der Waals surface area (Å²) < 4.78 is 5.24. The molecule has 1 aliphatic carbocycles. The van der Waals surface area contributed by atoms with Gasteiger partial charge in [0.05, 0.1) is 7.11 Å². The molecule has 1 atom stereocenters. The minimum absolute atomic E-state index is 0.115. The number of ether oxygens (including phenoxy) is 1. The van der Waals surface area contributed by atoms with Gasteiger partial charge in [-0.15, -0.1) is 0 Å². The number of carbonyl (C=O) groups is 1. The molecule has 1 N–H and O–H groups in total. The fourth-order valence-electron chi connectivity index (χ4n) is 2.23. The summed E-state index contributed by atoms with van der Waals surface area (Å²) in [5.41, 5.74) is 1.22. The molecular formula is C14H19NO2. The van der Waals surface area contributed by atoms with Gasteiger partial charge >= 0.3 is 0 Å². The van der Waals surface area contributed by atoms with Gasteiger partial charge in [-0.2, -0.15) is 0 Å². The van der Waals surface area contributed by atoms with Gasteiger partial charge in [-0.3, -0.25) is 4.79 Å². The molecule has 3 nitrogen and oxygen atoms in total. The Morgan fingerprint density at radius 3 is 2.88 bits per heavy atom. The fraction of sp³-hybridized carbons (Fsp3) is 0.500. The highest BCUT2D eigenvalue weighted by atomic mass is 16.5. The summed E-state index contributed by atoms with van der Waals surface area (Å²) >= 11 is 0. The van der Waals surface area contributed by atoms with Crippen molar-refractivity contribution in [1.29, 1.82) is 0 Å². The minimum atomic E-state index is 0.115. The standard InChI is InChI=1S/C14H19NO2/c1-15-14(16)9-13(10-6-7-10)11-4-3-5-12(8-11)17-2/h3-5,8,10,13H,6-7,9H2,1-2H3,(H,15,16). The van der Waals surface area contributed by atoms with Crippen molar-refractivity contribution in [1.82, 2.24) is 5.32 Å². The third-order valence-corrected chi connectivity index (χ3v) is 3.40. The lowest BCUT2D eigenvalue weighted by Crippen LogP contribution is -2.21. The lowest BCUT2D eigenvalue weighted by atomic mass is 9.90. The molecule has 17 heavy (non-hydrogen) atoms. The molecule has 0 saturated heterocycles. The molecule has 0 radical (unpaired) electrons. The molecule has 1 aromatic carbocycles. The number of hydrogen-bond donors (Lipinski definition) is 1. The van der Waals surface area contributed by atoms with Gasteiger partial charge in [-0.05, 0) is 42.4 Å². The number of hydrogen-bond acceptors (Lipinski definition) is 2. The lowest BCUT2D eigenvalue weighted by Gasteiger charge is -2.16. The summed E-state index contributed by atoms with van der Waals surface area (Å²) in [6.45, 7) is 0. The van der Waals surface area contributed by atoms with Crippen LogP contribution in [0.2, 0.25) is 0 Å². The van der Waals surface area contributed by atoms with E-state index in [0.717, 1.165) is 5.75 Å². The van der Waals surface area contributed by atoms with Gasteiger partial charge in [0.15, 0.2) is 0 Å². The third-order valence-electron chi connectivity index (χ3n) is 3.40. The normalized spacial score (nSPS) is 16.4. The van der Waals surface area contributed by atoms with Crippen molar-refractivity contribution in [2.45, 2.75) is 25.2 Å². The van der Waals surface area contributed by atoms with Crippen LogP contribution in [0.4, 0.5) is 0 Å². The Kier molecular flexibility index (Phi) is 3.67. The zero-order chi connectivity index (χ0) is 12.3. The van der Waals surface area contributed by atoms with Crippen LogP contribution < -0.4 is 10.1 Å². The molecule has 0 heterocycles. The first-order valence-electron chi connectivity index (χ1n) is 6.09. The second-order valence-electron chi connectivity index (χ2n) is 4.60. The van der Waals surface area contributed by atoms with E-state index < -0.39 is 0 Å². The van der Waals surface area contributed by atoms with E-state index in [9.17, 15) is 4.79 Å². The van der Waals surface area contributed by atoms with E-state index in [2.05, 4.69) is 11.4 Å². The summed E-state index contributed by atoms with van der Waals surface area (Å²) in [6.07, 6.45) is 3.05. The first kappa shape index (κ1) is 12.0. The molecule has 1 aromatic rings. The van der Waals surface area contributed by atoms with Gasteiger partial charge in [-0.25, -0.2) is 0 Å². The Morgan fingerprint density at radius 1 is 1.53 bits per heavy atom. The Morgan fingerprint density at radius 2 is 2.29 bits per heavy atom. The average Bonchev–Trinajstić information content (AvgIpc) is 3.20. The smallest absolute Gasteiger partial charge is 0.220 e. The summed E-state index contributed by atoms with van der Waals surface area (Å²) in [7, 11) is 3.36. The van der Waals surface area contributed by atoms with Crippen LogP contribution in [0.5, 0.6) is 5.75 Å². The van der Waals surface area contributed by atoms with Crippen molar-refractivity contribution in [3.63, 3.8) is 0 Å². The van der Waals surface area contributed by atoms with E-state index >= 15 is 0 Å². The molecule has 1 amide bonds. The van der Waals surface area contributed by atoms with E-state index in [0.29, 0.717) is 18.3 Å². The highest BCUT2D eigenvalue weighted by molar-refractivity contribution is 5.76. The number of methoxy groups -OCH3 is 1. The summed E-state index contributed by atoms with van der Waals surface area (Å²) in [5.74, 6) is 1.99. The van der Waals surface area contributed by atoms with Crippen LogP contribution in [0.25, 0.3) is 0 Å². The van der Waals surface area contributed by atoms with Gasteiger partial charge in [0, 0.05) is 13.5 Å². The van der Waals surface area contributed by atoms with E-state index in [4.69, 9.17) is 4.74 Å². The van der Waals surface area contributed by atoms with Crippen LogP contribution in [-0.4, -0.2) is 20.1 Å². The monoisotopic (exact) mass is 233 g/mol. The highest BCUT2D eigenvalue weighted by Gasteiger charge is 2.33. The second kappa shape index (κ2) is 5.21. The van der Waals surface area contributed by atoms with E-state index in [1.807, 2.05) is 18.2 Å². The van der Waals surface area contributed by atoms with E-state index in [1.54, 1.807) is 14.2 Å². The van der Waals surface area contributed by atoms with Gasteiger partial charge < -0.3 is 10.1 Å². The van der Waals surface area contributed by atoms with Crippen molar-refractivity contribution < 1.29 is 9.53 Å². The van der Waals surface area contributed by atoms with Crippen LogP contribution in [0.1, 0.15) is 30.7 Å². The van der Waals surface area contributed by atoms with Crippen molar-refractivity contribution >= 4 is 5.91 Å². The minimum Gasteiger partial charge on any atom is -0.497 e. The molecule has 0 aliphatic heterocycles. The van der Waals surface area contributed by atoms with Crippen molar-refractivity contribution in [2.75, 3.05) is 14.2 Å². The largest absolute Gasteiger partial charge is 0.497 e. The summed E-state index contributed by atoms with van der Waals surface area (Å²) in [4.78, 5) is 11.5. The topological polar surface area (TPSA) is 38.3 Å².